The van der Waals surface area contributed by atoms with E-state index in [9.17, 15) is 19.7 Å². The summed E-state index contributed by atoms with van der Waals surface area (Å²) in [6, 6.07) is 12.7. The molecule has 0 heterocycles. The van der Waals surface area contributed by atoms with Crippen molar-refractivity contribution >= 4 is 17.6 Å². The van der Waals surface area contributed by atoms with Crippen LogP contribution in [-0.4, -0.2) is 39.5 Å². The molecule has 1 N–H and O–H groups in total. The highest BCUT2D eigenvalue weighted by atomic mass is 16.6. The molecule has 1 aliphatic rings. The van der Waals surface area contributed by atoms with Crippen LogP contribution in [0.3, 0.4) is 0 Å². The molecule has 140 valence electrons. The molecule has 0 aromatic heterocycles. The number of ether oxygens (including phenoxy) is 1. The molecule has 0 radical (unpaired) electrons. The zero-order chi connectivity index (χ0) is 19.4. The Bertz CT molecular complexity index is 878. The van der Waals surface area contributed by atoms with Crippen molar-refractivity contribution in [2.45, 2.75) is 25.4 Å². The summed E-state index contributed by atoms with van der Waals surface area (Å²) in [5, 5.41) is 19.9. The van der Waals surface area contributed by atoms with Gasteiger partial charge in [0.1, 0.15) is 5.75 Å². The van der Waals surface area contributed by atoms with E-state index < -0.39 is 17.5 Å². The number of carbonyl (C=O) groups excluding carboxylic acids is 1. The average molecular weight is 370 g/mol. The zero-order valence-electron chi connectivity index (χ0n) is 14.4. The Hall–Kier alpha value is -3.42. The van der Waals surface area contributed by atoms with Crippen LogP contribution in [0, 0.1) is 10.1 Å². The first-order valence-corrected chi connectivity index (χ1v) is 8.43. The molecule has 27 heavy (non-hydrogen) atoms. The second-order valence-corrected chi connectivity index (χ2v) is 6.26. The maximum absolute atomic E-state index is 13.0. The van der Waals surface area contributed by atoms with Crippen LogP contribution in [0.2, 0.25) is 0 Å². The number of nitro benzene ring substituents is 1. The van der Waals surface area contributed by atoms with Crippen LogP contribution in [0.4, 0.5) is 5.69 Å². The molecule has 8 heteroatoms. The second kappa shape index (κ2) is 7.86. The lowest BCUT2D eigenvalue weighted by atomic mass is 10.1. The maximum atomic E-state index is 13.0. The van der Waals surface area contributed by atoms with Gasteiger partial charge in [-0.3, -0.25) is 14.9 Å². The van der Waals surface area contributed by atoms with Crippen molar-refractivity contribution in [2.24, 2.45) is 0 Å². The van der Waals surface area contributed by atoms with Gasteiger partial charge in [0.2, 0.25) is 0 Å². The molecular formula is C19H18N2O6. The molecule has 8 nitrogen and oxygen atoms in total. The Balaban J connectivity index is 1.82. The van der Waals surface area contributed by atoms with Gasteiger partial charge in [0.05, 0.1) is 11.5 Å². The molecule has 3 rings (SSSR count). The van der Waals surface area contributed by atoms with E-state index >= 15 is 0 Å². The van der Waals surface area contributed by atoms with Gasteiger partial charge in [0.15, 0.2) is 6.61 Å². The summed E-state index contributed by atoms with van der Waals surface area (Å²) in [5.74, 6) is -1.09. The molecule has 1 saturated carbocycles. The summed E-state index contributed by atoms with van der Waals surface area (Å²) in [6.45, 7) is -0.360. The van der Waals surface area contributed by atoms with E-state index in [0.29, 0.717) is 11.1 Å². The first-order chi connectivity index (χ1) is 13.0. The second-order valence-electron chi connectivity index (χ2n) is 6.26. The number of hydrogen-bond acceptors (Lipinski definition) is 5. The fourth-order valence-electron chi connectivity index (χ4n) is 2.79. The van der Waals surface area contributed by atoms with Crippen molar-refractivity contribution < 1.29 is 24.4 Å². The third-order valence-corrected chi connectivity index (χ3v) is 4.22. The minimum Gasteiger partial charge on any atom is -0.482 e. The van der Waals surface area contributed by atoms with E-state index in [1.165, 1.54) is 12.1 Å². The summed E-state index contributed by atoms with van der Waals surface area (Å²) in [4.78, 5) is 36.0. The van der Waals surface area contributed by atoms with E-state index in [1.54, 1.807) is 41.3 Å². The third kappa shape index (κ3) is 4.60. The first-order valence-electron chi connectivity index (χ1n) is 8.43. The first kappa shape index (κ1) is 18.4. The average Bonchev–Trinajstić information content (AvgIpc) is 3.49. The number of para-hydroxylation sites is 1. The van der Waals surface area contributed by atoms with Crippen LogP contribution in [0.5, 0.6) is 5.75 Å². The van der Waals surface area contributed by atoms with E-state index in [2.05, 4.69) is 0 Å². The van der Waals surface area contributed by atoms with Gasteiger partial charge >= 0.3 is 5.97 Å². The molecule has 0 spiro atoms. The number of nitro groups is 1. The van der Waals surface area contributed by atoms with Gasteiger partial charge < -0.3 is 14.7 Å². The Morgan fingerprint density at radius 2 is 1.93 bits per heavy atom. The van der Waals surface area contributed by atoms with Crippen LogP contribution in [0.25, 0.3) is 0 Å². The van der Waals surface area contributed by atoms with Crippen molar-refractivity contribution in [1.82, 2.24) is 4.90 Å². The minimum absolute atomic E-state index is 0.0190. The van der Waals surface area contributed by atoms with Crippen molar-refractivity contribution in [1.29, 1.82) is 0 Å². The lowest BCUT2D eigenvalue weighted by Crippen LogP contribution is -2.32. The Morgan fingerprint density at radius 3 is 2.59 bits per heavy atom. The lowest BCUT2D eigenvalue weighted by Gasteiger charge is -2.23. The maximum Gasteiger partial charge on any atom is 0.341 e. The molecule has 1 amide bonds. The predicted molar refractivity (Wildman–Crippen MR) is 95.6 cm³/mol. The Kier molecular flexibility index (Phi) is 5.35. The van der Waals surface area contributed by atoms with Crippen molar-refractivity contribution in [3.8, 4) is 5.75 Å². The molecule has 0 atom stereocenters. The zero-order valence-corrected chi connectivity index (χ0v) is 14.4. The smallest absolute Gasteiger partial charge is 0.341 e. The van der Waals surface area contributed by atoms with Crippen LogP contribution in [0.15, 0.2) is 48.5 Å². The van der Waals surface area contributed by atoms with Gasteiger partial charge in [-0.15, -0.1) is 0 Å². The number of rotatable bonds is 8. The normalized spacial score (nSPS) is 13.0. The molecule has 0 aliphatic heterocycles. The standard InChI is InChI=1S/C19H18N2O6/c22-18(23)12-27-16-6-3-5-13(10-16)19(24)20(15-8-9-15)11-14-4-1-2-7-17(14)21(25)26/h1-7,10,15H,8-9,11-12H2,(H,22,23). The van der Waals surface area contributed by atoms with Gasteiger partial charge in [0, 0.05) is 23.2 Å². The molecule has 0 saturated heterocycles. The van der Waals surface area contributed by atoms with E-state index in [1.807, 2.05) is 0 Å². The number of carboxylic acids is 1. The van der Waals surface area contributed by atoms with Gasteiger partial charge in [-0.2, -0.15) is 0 Å². The molecule has 0 bridgehead atoms. The highest BCUT2D eigenvalue weighted by molar-refractivity contribution is 5.95. The number of carbonyl (C=O) groups is 2. The number of benzene rings is 2. The van der Waals surface area contributed by atoms with Gasteiger partial charge in [-0.1, -0.05) is 24.3 Å². The Labute approximate surface area is 155 Å². The summed E-state index contributed by atoms with van der Waals surface area (Å²) in [6.07, 6.45) is 1.70. The molecule has 1 fully saturated rings. The van der Waals surface area contributed by atoms with Crippen molar-refractivity contribution in [3.05, 3.63) is 69.8 Å². The van der Waals surface area contributed by atoms with Crippen molar-refractivity contribution in [2.75, 3.05) is 6.61 Å². The number of aliphatic carboxylic acids is 1. The number of nitrogens with zero attached hydrogens (tertiary/aromatic N) is 2. The molecule has 1 aliphatic carbocycles. The number of carboxylic acid groups (broad SMARTS) is 1. The highest BCUT2D eigenvalue weighted by Crippen LogP contribution is 2.32. The quantitative estimate of drug-likeness (QED) is 0.565. The lowest BCUT2D eigenvalue weighted by molar-refractivity contribution is -0.385. The van der Waals surface area contributed by atoms with Crippen LogP contribution >= 0.6 is 0 Å². The molecule has 2 aromatic carbocycles. The fourth-order valence-corrected chi connectivity index (χ4v) is 2.79. The Morgan fingerprint density at radius 1 is 1.19 bits per heavy atom. The summed E-state index contributed by atoms with van der Waals surface area (Å²) < 4.78 is 5.12. The SMILES string of the molecule is O=C(O)COc1cccc(C(=O)N(Cc2ccccc2[N+](=O)[O-])C2CC2)c1. The summed E-state index contributed by atoms with van der Waals surface area (Å²) >= 11 is 0. The summed E-state index contributed by atoms with van der Waals surface area (Å²) in [5.41, 5.74) is 0.805. The fraction of sp³-hybridized carbons (Fsp3) is 0.263. The van der Waals surface area contributed by atoms with E-state index in [0.717, 1.165) is 12.8 Å². The number of hydrogen-bond donors (Lipinski definition) is 1. The molecule has 2 aromatic rings. The molecular weight excluding hydrogens is 352 g/mol. The van der Waals surface area contributed by atoms with Gasteiger partial charge in [-0.25, -0.2) is 4.79 Å². The van der Waals surface area contributed by atoms with Crippen LogP contribution in [-0.2, 0) is 11.3 Å². The van der Waals surface area contributed by atoms with Crippen LogP contribution < -0.4 is 4.74 Å². The van der Waals surface area contributed by atoms with E-state index in [-0.39, 0.29) is 29.9 Å². The van der Waals surface area contributed by atoms with E-state index in [4.69, 9.17) is 9.84 Å². The van der Waals surface area contributed by atoms with Gasteiger partial charge in [0.25, 0.3) is 11.6 Å². The predicted octanol–water partition coefficient (Wildman–Crippen LogP) is 2.86. The minimum atomic E-state index is -1.11. The van der Waals surface area contributed by atoms with Crippen LogP contribution in [0.1, 0.15) is 28.8 Å². The highest BCUT2D eigenvalue weighted by Gasteiger charge is 2.34. The number of amides is 1. The van der Waals surface area contributed by atoms with Crippen molar-refractivity contribution in [3.63, 3.8) is 0 Å². The largest absolute Gasteiger partial charge is 0.482 e. The monoisotopic (exact) mass is 370 g/mol. The third-order valence-electron chi connectivity index (χ3n) is 4.22. The molecule has 0 unspecified atom stereocenters. The van der Waals surface area contributed by atoms with Gasteiger partial charge in [-0.05, 0) is 31.0 Å². The summed E-state index contributed by atoms with van der Waals surface area (Å²) in [7, 11) is 0. The topological polar surface area (TPSA) is 110 Å².